The maximum absolute atomic E-state index is 5.05. The minimum Gasteiger partial charge on any atom is -0.364 e. The molecule has 0 saturated heterocycles. The van der Waals surface area contributed by atoms with E-state index >= 15 is 0 Å². The highest BCUT2D eigenvalue weighted by atomic mass is 32.1. The Bertz CT molecular complexity index is 731. The molecule has 3 heterocycles. The summed E-state index contributed by atoms with van der Waals surface area (Å²) in [5.74, 6) is 1.67. The van der Waals surface area contributed by atoms with E-state index in [1.807, 2.05) is 13.0 Å². The number of aromatic nitrogens is 3. The molecule has 1 N–H and O–H groups in total. The van der Waals surface area contributed by atoms with Crippen molar-refractivity contribution in [3.8, 4) is 0 Å². The minimum atomic E-state index is 0.595. The lowest BCUT2D eigenvalue weighted by molar-refractivity contribution is 0.391. The van der Waals surface area contributed by atoms with Crippen molar-refractivity contribution in [2.24, 2.45) is 0 Å². The second kappa shape index (κ2) is 4.62. The molecule has 5 nitrogen and oxygen atoms in total. The van der Waals surface area contributed by atoms with E-state index in [0.717, 1.165) is 27.5 Å². The van der Waals surface area contributed by atoms with Crippen molar-refractivity contribution in [1.82, 2.24) is 15.1 Å². The summed E-state index contributed by atoms with van der Waals surface area (Å²) in [6, 6.07) is 1.91. The minimum absolute atomic E-state index is 0.595. The third-order valence-corrected chi connectivity index (χ3v) is 4.19. The number of fused-ring (bicyclic) bond motifs is 1. The summed E-state index contributed by atoms with van der Waals surface area (Å²) in [6.45, 7) is 6.68. The average molecular weight is 274 g/mol. The van der Waals surface area contributed by atoms with Crippen molar-refractivity contribution in [3.05, 3.63) is 34.3 Å². The zero-order chi connectivity index (χ0) is 13.4. The van der Waals surface area contributed by atoms with E-state index in [-0.39, 0.29) is 0 Å². The van der Waals surface area contributed by atoms with E-state index < -0.39 is 0 Å². The topological polar surface area (TPSA) is 63.8 Å². The van der Waals surface area contributed by atoms with Crippen LogP contribution in [0.25, 0.3) is 10.2 Å². The van der Waals surface area contributed by atoms with Gasteiger partial charge in [0.05, 0.1) is 11.9 Å². The number of nitrogens with zero attached hydrogens (tertiary/aromatic N) is 3. The van der Waals surface area contributed by atoms with Crippen molar-refractivity contribution >= 4 is 27.4 Å². The zero-order valence-electron chi connectivity index (χ0n) is 11.0. The normalized spacial score (nSPS) is 11.1. The molecule has 0 aliphatic carbocycles. The van der Waals surface area contributed by atoms with Gasteiger partial charge in [-0.1, -0.05) is 5.16 Å². The summed E-state index contributed by atoms with van der Waals surface area (Å²) in [7, 11) is 0. The Morgan fingerprint density at radius 3 is 2.84 bits per heavy atom. The van der Waals surface area contributed by atoms with E-state index in [2.05, 4.69) is 34.3 Å². The molecule has 6 heteroatoms. The fraction of sp³-hybridized carbons (Fsp3) is 0.308. The van der Waals surface area contributed by atoms with Gasteiger partial charge in [0.1, 0.15) is 28.4 Å². The second-order valence-corrected chi connectivity index (χ2v) is 5.67. The molecule has 98 valence electrons. The lowest BCUT2D eigenvalue weighted by atomic mass is 10.2. The lowest BCUT2D eigenvalue weighted by Crippen LogP contribution is -2.02. The summed E-state index contributed by atoms with van der Waals surface area (Å²) in [6.07, 6.45) is 1.59. The molecule has 3 aromatic heterocycles. The van der Waals surface area contributed by atoms with Gasteiger partial charge in [0.2, 0.25) is 0 Å². The molecule has 0 fully saturated rings. The fourth-order valence-corrected chi connectivity index (χ4v) is 2.99. The molecule has 0 aliphatic heterocycles. The highest BCUT2D eigenvalue weighted by Crippen LogP contribution is 2.32. The first-order valence-electron chi connectivity index (χ1n) is 6.02. The summed E-state index contributed by atoms with van der Waals surface area (Å²) >= 11 is 1.69. The van der Waals surface area contributed by atoms with Gasteiger partial charge >= 0.3 is 0 Å². The Hall–Kier alpha value is -1.95. The van der Waals surface area contributed by atoms with Gasteiger partial charge in [-0.15, -0.1) is 11.3 Å². The summed E-state index contributed by atoms with van der Waals surface area (Å²) in [5.41, 5.74) is 2.10. The highest BCUT2D eigenvalue weighted by molar-refractivity contribution is 7.18. The van der Waals surface area contributed by atoms with Gasteiger partial charge in [0.25, 0.3) is 0 Å². The van der Waals surface area contributed by atoms with E-state index in [4.69, 9.17) is 4.52 Å². The molecule has 0 saturated carbocycles. The number of rotatable bonds is 3. The van der Waals surface area contributed by atoms with E-state index in [1.54, 1.807) is 17.7 Å². The van der Waals surface area contributed by atoms with Crippen LogP contribution in [0.15, 0.2) is 16.9 Å². The molecule has 0 atom stereocenters. The first-order chi connectivity index (χ1) is 9.15. The van der Waals surface area contributed by atoms with Crippen LogP contribution in [0.3, 0.4) is 0 Å². The van der Waals surface area contributed by atoms with Gasteiger partial charge < -0.3 is 9.84 Å². The molecule has 3 rings (SSSR count). The largest absolute Gasteiger partial charge is 0.364 e. The van der Waals surface area contributed by atoms with Crippen LogP contribution >= 0.6 is 11.3 Å². The van der Waals surface area contributed by atoms with E-state index in [0.29, 0.717) is 6.54 Å². The summed E-state index contributed by atoms with van der Waals surface area (Å²) < 4.78 is 5.05. The Morgan fingerprint density at radius 2 is 2.11 bits per heavy atom. The number of aryl methyl sites for hydroxylation is 3. The molecule has 0 amide bonds. The second-order valence-electron chi connectivity index (χ2n) is 4.47. The van der Waals surface area contributed by atoms with Crippen molar-refractivity contribution in [1.29, 1.82) is 0 Å². The first kappa shape index (κ1) is 12.1. The predicted molar refractivity (Wildman–Crippen MR) is 75.5 cm³/mol. The molecule has 19 heavy (non-hydrogen) atoms. The quantitative estimate of drug-likeness (QED) is 0.794. The number of nitrogens with one attached hydrogen (secondary N) is 1. The summed E-state index contributed by atoms with van der Waals surface area (Å²) in [5, 5.41) is 8.37. The van der Waals surface area contributed by atoms with Gasteiger partial charge in [-0.3, -0.25) is 0 Å². The van der Waals surface area contributed by atoms with Crippen molar-refractivity contribution in [2.75, 3.05) is 5.32 Å². The number of anilines is 1. The Labute approximate surface area is 114 Å². The molecule has 0 aliphatic rings. The van der Waals surface area contributed by atoms with Crippen LogP contribution in [0.2, 0.25) is 0 Å². The molecule has 0 bridgehead atoms. The Morgan fingerprint density at radius 1 is 1.26 bits per heavy atom. The predicted octanol–water partition coefficient (Wildman–Crippen LogP) is 3.22. The third-order valence-electron chi connectivity index (χ3n) is 3.08. The van der Waals surface area contributed by atoms with Crippen LogP contribution in [0.4, 0.5) is 5.82 Å². The molecular formula is C13H14N4OS. The average Bonchev–Trinajstić information content (AvgIpc) is 2.93. The molecule has 0 radical (unpaired) electrons. The Kier molecular flexibility index (Phi) is 2.94. The number of hydrogen-bond acceptors (Lipinski definition) is 6. The van der Waals surface area contributed by atoms with Gasteiger partial charge in [-0.25, -0.2) is 9.97 Å². The van der Waals surface area contributed by atoms with E-state index in [1.165, 1.54) is 10.4 Å². The molecule has 0 aromatic carbocycles. The molecule has 0 spiro atoms. The van der Waals surface area contributed by atoms with Crippen molar-refractivity contribution in [3.63, 3.8) is 0 Å². The van der Waals surface area contributed by atoms with Crippen molar-refractivity contribution < 1.29 is 4.52 Å². The SMILES string of the molecule is Cc1cc(CNc2ncnc3sc(C)c(C)c23)no1. The smallest absolute Gasteiger partial charge is 0.138 e. The van der Waals surface area contributed by atoms with Crippen LogP contribution < -0.4 is 5.32 Å². The van der Waals surface area contributed by atoms with Crippen LogP contribution in [-0.4, -0.2) is 15.1 Å². The Balaban J connectivity index is 1.92. The number of thiophene rings is 1. The van der Waals surface area contributed by atoms with Crippen LogP contribution in [0, 0.1) is 20.8 Å². The molecule has 3 aromatic rings. The first-order valence-corrected chi connectivity index (χ1v) is 6.83. The molecular weight excluding hydrogens is 260 g/mol. The van der Waals surface area contributed by atoms with Crippen LogP contribution in [0.1, 0.15) is 21.9 Å². The lowest BCUT2D eigenvalue weighted by Gasteiger charge is -2.04. The maximum Gasteiger partial charge on any atom is 0.138 e. The van der Waals surface area contributed by atoms with Gasteiger partial charge in [0.15, 0.2) is 0 Å². The zero-order valence-corrected chi connectivity index (χ0v) is 11.8. The van der Waals surface area contributed by atoms with Gasteiger partial charge in [-0.2, -0.15) is 0 Å². The van der Waals surface area contributed by atoms with Gasteiger partial charge in [-0.05, 0) is 26.3 Å². The maximum atomic E-state index is 5.05. The van der Waals surface area contributed by atoms with Crippen LogP contribution in [-0.2, 0) is 6.54 Å². The van der Waals surface area contributed by atoms with Crippen LogP contribution in [0.5, 0.6) is 0 Å². The number of hydrogen-bond donors (Lipinski definition) is 1. The van der Waals surface area contributed by atoms with E-state index in [9.17, 15) is 0 Å². The monoisotopic (exact) mass is 274 g/mol. The molecule has 0 unspecified atom stereocenters. The third kappa shape index (κ3) is 2.19. The fourth-order valence-electron chi connectivity index (χ4n) is 1.99. The summed E-state index contributed by atoms with van der Waals surface area (Å²) in [4.78, 5) is 10.9. The highest BCUT2D eigenvalue weighted by Gasteiger charge is 2.12. The van der Waals surface area contributed by atoms with Gasteiger partial charge in [0, 0.05) is 10.9 Å². The van der Waals surface area contributed by atoms with Crippen molar-refractivity contribution in [2.45, 2.75) is 27.3 Å². The standard InChI is InChI=1S/C13H14N4OS/c1-7-4-10(17-18-7)5-14-12-11-8(2)9(3)19-13(11)16-6-15-12/h4,6H,5H2,1-3H3,(H,14,15,16).